The summed E-state index contributed by atoms with van der Waals surface area (Å²) >= 11 is 6.37. The van der Waals surface area contributed by atoms with Crippen molar-refractivity contribution in [3.8, 4) is 0 Å². The van der Waals surface area contributed by atoms with Crippen LogP contribution in [0.4, 0.5) is 11.6 Å². The first-order valence-corrected chi connectivity index (χ1v) is 6.79. The van der Waals surface area contributed by atoms with Crippen molar-refractivity contribution in [2.45, 2.75) is 6.92 Å². The molecule has 0 aromatic carbocycles. The van der Waals surface area contributed by atoms with Crippen LogP contribution in [-0.2, 0) is 4.74 Å². The van der Waals surface area contributed by atoms with E-state index in [1.807, 2.05) is 6.08 Å². The first kappa shape index (κ1) is 14.1. The van der Waals surface area contributed by atoms with Gasteiger partial charge in [0.2, 0.25) is 0 Å². The first-order valence-electron chi connectivity index (χ1n) is 6.42. The smallest absolute Gasteiger partial charge is 0.153 e. The van der Waals surface area contributed by atoms with Gasteiger partial charge in [-0.2, -0.15) is 0 Å². The molecule has 1 fully saturated rings. The summed E-state index contributed by atoms with van der Waals surface area (Å²) in [7, 11) is 0. The highest BCUT2D eigenvalue weighted by Gasteiger charge is 2.18. The first-order chi connectivity index (χ1) is 9.22. The monoisotopic (exact) mass is 282 g/mol. The number of hydrogen-bond acceptors (Lipinski definition) is 5. The number of halogens is 1. The van der Waals surface area contributed by atoms with E-state index in [2.05, 4.69) is 33.7 Å². The molecule has 104 valence electrons. The molecule has 1 saturated heterocycles. The third-order valence-corrected chi connectivity index (χ3v) is 3.42. The van der Waals surface area contributed by atoms with Gasteiger partial charge in [0.1, 0.15) is 17.2 Å². The van der Waals surface area contributed by atoms with Crippen molar-refractivity contribution >= 4 is 23.2 Å². The molecule has 0 saturated carbocycles. The van der Waals surface area contributed by atoms with Gasteiger partial charge in [0, 0.05) is 19.6 Å². The van der Waals surface area contributed by atoms with Crippen LogP contribution in [-0.4, -0.2) is 42.8 Å². The van der Waals surface area contributed by atoms with Crippen LogP contribution in [0.15, 0.2) is 19.0 Å². The Bertz CT molecular complexity index is 435. The molecule has 2 heterocycles. The zero-order valence-electron chi connectivity index (χ0n) is 11.1. The molecule has 19 heavy (non-hydrogen) atoms. The molecule has 1 aromatic heterocycles. The van der Waals surface area contributed by atoms with E-state index in [9.17, 15) is 0 Å². The van der Waals surface area contributed by atoms with E-state index >= 15 is 0 Å². The van der Waals surface area contributed by atoms with Gasteiger partial charge >= 0.3 is 0 Å². The average Bonchev–Trinajstić information content (AvgIpc) is 2.46. The van der Waals surface area contributed by atoms with Crippen LogP contribution in [0.2, 0.25) is 5.02 Å². The van der Waals surface area contributed by atoms with Crippen LogP contribution in [0, 0.1) is 5.92 Å². The lowest BCUT2D eigenvalue weighted by atomic mass is 10.2. The molecule has 1 unspecified atom stereocenters. The third kappa shape index (κ3) is 3.58. The highest BCUT2D eigenvalue weighted by molar-refractivity contribution is 6.35. The van der Waals surface area contributed by atoms with E-state index < -0.39 is 0 Å². The summed E-state index contributed by atoms with van der Waals surface area (Å²) in [5.41, 5.74) is 0. The Morgan fingerprint density at radius 1 is 1.53 bits per heavy atom. The highest BCUT2D eigenvalue weighted by Crippen LogP contribution is 2.29. The van der Waals surface area contributed by atoms with E-state index in [4.69, 9.17) is 16.3 Å². The van der Waals surface area contributed by atoms with Gasteiger partial charge in [0.25, 0.3) is 0 Å². The minimum absolute atomic E-state index is 0.359. The summed E-state index contributed by atoms with van der Waals surface area (Å²) in [4.78, 5) is 10.6. The topological polar surface area (TPSA) is 50.3 Å². The fourth-order valence-electron chi connectivity index (χ4n) is 1.82. The SMILES string of the molecule is C=CC(C)CNc1ncnc(N2CCOCC2)c1Cl. The molecule has 6 heteroatoms. The summed E-state index contributed by atoms with van der Waals surface area (Å²) < 4.78 is 5.33. The number of aromatic nitrogens is 2. The molecular formula is C13H19ClN4O. The quantitative estimate of drug-likeness (QED) is 0.839. The van der Waals surface area contributed by atoms with Gasteiger partial charge < -0.3 is 15.0 Å². The van der Waals surface area contributed by atoms with Crippen molar-refractivity contribution in [3.05, 3.63) is 24.0 Å². The molecule has 0 radical (unpaired) electrons. The fourth-order valence-corrected chi connectivity index (χ4v) is 2.10. The predicted molar refractivity (Wildman–Crippen MR) is 77.9 cm³/mol. The molecule has 2 rings (SSSR count). The lowest BCUT2D eigenvalue weighted by Gasteiger charge is -2.28. The Labute approximate surface area is 118 Å². The number of hydrogen-bond donors (Lipinski definition) is 1. The largest absolute Gasteiger partial charge is 0.378 e. The normalized spacial score (nSPS) is 17.1. The fraction of sp³-hybridized carbons (Fsp3) is 0.538. The molecule has 0 aliphatic carbocycles. The van der Waals surface area contributed by atoms with E-state index in [1.54, 1.807) is 0 Å². The second-order valence-electron chi connectivity index (χ2n) is 4.55. The molecule has 1 aliphatic heterocycles. The van der Waals surface area contributed by atoms with Gasteiger partial charge in [-0.15, -0.1) is 6.58 Å². The van der Waals surface area contributed by atoms with Crippen LogP contribution in [0.25, 0.3) is 0 Å². The van der Waals surface area contributed by atoms with Crippen LogP contribution in [0.1, 0.15) is 6.92 Å². The zero-order valence-corrected chi connectivity index (χ0v) is 11.9. The zero-order chi connectivity index (χ0) is 13.7. The number of anilines is 2. The van der Waals surface area contributed by atoms with Gasteiger partial charge in [0.15, 0.2) is 5.82 Å². The Kier molecular flexibility index (Phi) is 4.99. The molecule has 1 aliphatic rings. The minimum atomic E-state index is 0.359. The predicted octanol–water partition coefficient (Wildman–Crippen LogP) is 2.20. The number of rotatable bonds is 5. The van der Waals surface area contributed by atoms with Crippen molar-refractivity contribution in [1.82, 2.24) is 9.97 Å². The molecule has 5 nitrogen and oxygen atoms in total. The lowest BCUT2D eigenvalue weighted by Crippen LogP contribution is -2.37. The Hall–Kier alpha value is -1.33. The summed E-state index contributed by atoms with van der Waals surface area (Å²) in [5.74, 6) is 1.80. The maximum Gasteiger partial charge on any atom is 0.153 e. The standard InChI is InChI=1S/C13H19ClN4O/c1-3-10(2)8-15-12-11(14)13(17-9-16-12)18-4-6-19-7-5-18/h3,9-10H,1,4-8H2,2H3,(H,15,16,17). The second-order valence-corrected chi connectivity index (χ2v) is 4.93. The van der Waals surface area contributed by atoms with Crippen molar-refractivity contribution in [3.63, 3.8) is 0 Å². The molecule has 1 atom stereocenters. The lowest BCUT2D eigenvalue weighted by molar-refractivity contribution is 0.122. The van der Waals surface area contributed by atoms with E-state index in [1.165, 1.54) is 6.33 Å². The van der Waals surface area contributed by atoms with E-state index in [-0.39, 0.29) is 0 Å². The number of nitrogens with zero attached hydrogens (tertiary/aromatic N) is 3. The summed E-state index contributed by atoms with van der Waals surface area (Å²) in [6.45, 7) is 9.61. The van der Waals surface area contributed by atoms with Crippen LogP contribution >= 0.6 is 11.6 Å². The van der Waals surface area contributed by atoms with E-state index in [0.29, 0.717) is 30.0 Å². The Morgan fingerprint density at radius 2 is 2.26 bits per heavy atom. The van der Waals surface area contributed by atoms with Gasteiger partial charge in [-0.25, -0.2) is 9.97 Å². The summed E-state index contributed by atoms with van der Waals surface area (Å²) in [6.07, 6.45) is 3.43. The van der Waals surface area contributed by atoms with Crippen molar-refractivity contribution in [2.75, 3.05) is 43.1 Å². The Balaban J connectivity index is 2.10. The van der Waals surface area contributed by atoms with Gasteiger partial charge in [-0.05, 0) is 5.92 Å². The molecule has 1 aromatic rings. The number of morpholine rings is 1. The number of ether oxygens (including phenoxy) is 1. The van der Waals surface area contributed by atoms with Gasteiger partial charge in [-0.3, -0.25) is 0 Å². The minimum Gasteiger partial charge on any atom is -0.378 e. The summed E-state index contributed by atoms with van der Waals surface area (Å²) in [5, 5.41) is 3.80. The molecule has 0 amide bonds. The van der Waals surface area contributed by atoms with Crippen LogP contribution < -0.4 is 10.2 Å². The summed E-state index contributed by atoms with van der Waals surface area (Å²) in [6, 6.07) is 0. The van der Waals surface area contributed by atoms with E-state index in [0.717, 1.165) is 25.5 Å². The molecule has 1 N–H and O–H groups in total. The van der Waals surface area contributed by atoms with Crippen LogP contribution in [0.5, 0.6) is 0 Å². The third-order valence-electron chi connectivity index (χ3n) is 3.08. The van der Waals surface area contributed by atoms with Gasteiger partial charge in [-0.1, -0.05) is 24.6 Å². The van der Waals surface area contributed by atoms with Crippen molar-refractivity contribution in [1.29, 1.82) is 0 Å². The van der Waals surface area contributed by atoms with Crippen LogP contribution in [0.3, 0.4) is 0 Å². The Morgan fingerprint density at radius 3 is 2.95 bits per heavy atom. The van der Waals surface area contributed by atoms with Crippen molar-refractivity contribution in [2.24, 2.45) is 5.92 Å². The second kappa shape index (κ2) is 6.73. The van der Waals surface area contributed by atoms with Gasteiger partial charge in [0.05, 0.1) is 13.2 Å². The maximum absolute atomic E-state index is 6.37. The highest BCUT2D eigenvalue weighted by atomic mass is 35.5. The van der Waals surface area contributed by atoms with Crippen molar-refractivity contribution < 1.29 is 4.74 Å². The number of nitrogens with one attached hydrogen (secondary N) is 1. The average molecular weight is 283 g/mol. The maximum atomic E-state index is 6.37. The molecule has 0 bridgehead atoms. The molecule has 0 spiro atoms. The molecular weight excluding hydrogens is 264 g/mol.